The molecule has 0 radical (unpaired) electrons. The second-order valence-corrected chi connectivity index (χ2v) is 5.61. The number of carbonyl (C=O) groups excluding carboxylic acids is 1. The summed E-state index contributed by atoms with van der Waals surface area (Å²) < 4.78 is 10.6. The van der Waals surface area contributed by atoms with E-state index in [0.717, 1.165) is 16.0 Å². The maximum Gasteiger partial charge on any atom is 0.205 e. The highest BCUT2D eigenvalue weighted by molar-refractivity contribution is 7.12. The third-order valence-corrected chi connectivity index (χ3v) is 4.30. The summed E-state index contributed by atoms with van der Waals surface area (Å²) in [6.45, 7) is 0. The van der Waals surface area contributed by atoms with E-state index in [1.807, 2.05) is 41.9 Å². The number of aromatic nitrogens is 1. The van der Waals surface area contributed by atoms with Crippen LogP contribution in [-0.2, 0) is 0 Å². The lowest BCUT2D eigenvalue weighted by atomic mass is 10.0. The molecule has 0 amide bonds. The van der Waals surface area contributed by atoms with Crippen molar-refractivity contribution in [3.05, 3.63) is 58.5 Å². The largest absolute Gasteiger partial charge is 0.493 e. The fourth-order valence-electron chi connectivity index (χ4n) is 2.33. The van der Waals surface area contributed by atoms with Gasteiger partial charge in [-0.15, -0.1) is 11.3 Å². The molecule has 5 heteroatoms. The third-order valence-electron chi connectivity index (χ3n) is 3.43. The molecule has 0 atom stereocenters. The molecule has 1 aromatic carbocycles. The minimum atomic E-state index is 0.0148. The molecular weight excluding hydrogens is 298 g/mol. The van der Waals surface area contributed by atoms with Crippen molar-refractivity contribution in [2.75, 3.05) is 14.2 Å². The van der Waals surface area contributed by atoms with Crippen LogP contribution in [0.1, 0.15) is 15.2 Å². The molecule has 22 heavy (non-hydrogen) atoms. The molecule has 0 bridgehead atoms. The summed E-state index contributed by atoms with van der Waals surface area (Å²) in [6, 6.07) is 9.32. The van der Waals surface area contributed by atoms with Gasteiger partial charge < -0.3 is 14.5 Å². The predicted octanol–water partition coefficient (Wildman–Crippen LogP) is 3.99. The van der Waals surface area contributed by atoms with Crippen LogP contribution < -0.4 is 9.47 Å². The highest BCUT2D eigenvalue weighted by Crippen LogP contribution is 2.34. The van der Waals surface area contributed by atoms with E-state index in [2.05, 4.69) is 4.98 Å². The number of benzene rings is 1. The molecule has 2 heterocycles. The second-order valence-electron chi connectivity index (χ2n) is 4.66. The molecule has 0 saturated heterocycles. The van der Waals surface area contributed by atoms with Crippen molar-refractivity contribution >= 4 is 17.1 Å². The van der Waals surface area contributed by atoms with E-state index in [1.54, 1.807) is 20.4 Å². The van der Waals surface area contributed by atoms with E-state index in [9.17, 15) is 4.79 Å². The molecule has 4 nitrogen and oxygen atoms in total. The van der Waals surface area contributed by atoms with E-state index in [0.29, 0.717) is 17.1 Å². The fraction of sp³-hybridized carbons (Fsp3) is 0.118. The summed E-state index contributed by atoms with van der Waals surface area (Å²) in [4.78, 5) is 16.3. The van der Waals surface area contributed by atoms with Crippen molar-refractivity contribution < 1.29 is 14.3 Å². The fourth-order valence-corrected chi connectivity index (χ4v) is 3.01. The van der Waals surface area contributed by atoms with Crippen LogP contribution in [0.5, 0.6) is 11.5 Å². The van der Waals surface area contributed by atoms with Gasteiger partial charge in [0.2, 0.25) is 5.78 Å². The number of thiophene rings is 1. The first-order valence-electron chi connectivity index (χ1n) is 6.72. The first-order chi connectivity index (χ1) is 10.7. The van der Waals surface area contributed by atoms with Gasteiger partial charge in [0, 0.05) is 23.5 Å². The normalized spacial score (nSPS) is 10.5. The molecule has 2 aromatic heterocycles. The van der Waals surface area contributed by atoms with E-state index in [-0.39, 0.29) is 5.78 Å². The molecule has 0 aliphatic rings. The molecule has 0 fully saturated rings. The number of hydrogen-bond acceptors (Lipinski definition) is 4. The van der Waals surface area contributed by atoms with Crippen LogP contribution in [0.3, 0.4) is 0 Å². The van der Waals surface area contributed by atoms with E-state index < -0.39 is 0 Å². The maximum atomic E-state index is 12.6. The van der Waals surface area contributed by atoms with E-state index >= 15 is 0 Å². The van der Waals surface area contributed by atoms with Gasteiger partial charge in [-0.25, -0.2) is 0 Å². The Balaban J connectivity index is 2.04. The first kappa shape index (κ1) is 14.4. The minimum absolute atomic E-state index is 0.0148. The highest BCUT2D eigenvalue weighted by atomic mass is 32.1. The Morgan fingerprint density at radius 2 is 1.91 bits per heavy atom. The van der Waals surface area contributed by atoms with Crippen molar-refractivity contribution in [3.63, 3.8) is 0 Å². The Labute approximate surface area is 132 Å². The van der Waals surface area contributed by atoms with Crippen molar-refractivity contribution in [2.24, 2.45) is 0 Å². The number of ether oxygens (including phenoxy) is 2. The smallest absolute Gasteiger partial charge is 0.205 e. The van der Waals surface area contributed by atoms with Gasteiger partial charge in [0.05, 0.1) is 19.1 Å². The highest BCUT2D eigenvalue weighted by Gasteiger charge is 2.17. The van der Waals surface area contributed by atoms with Gasteiger partial charge in [-0.2, -0.15) is 0 Å². The van der Waals surface area contributed by atoms with Gasteiger partial charge in [-0.1, -0.05) is 12.1 Å². The quantitative estimate of drug-likeness (QED) is 0.725. The molecule has 0 unspecified atom stereocenters. The Hall–Kier alpha value is -2.53. The van der Waals surface area contributed by atoms with Crippen LogP contribution in [0.15, 0.2) is 48.1 Å². The number of ketones is 1. The van der Waals surface area contributed by atoms with Crippen molar-refractivity contribution in [3.8, 4) is 22.6 Å². The lowest BCUT2D eigenvalue weighted by Gasteiger charge is -2.09. The number of hydrogen-bond donors (Lipinski definition) is 1. The predicted molar refractivity (Wildman–Crippen MR) is 87.1 cm³/mol. The van der Waals surface area contributed by atoms with Crippen molar-refractivity contribution in [2.45, 2.75) is 0 Å². The van der Waals surface area contributed by atoms with Gasteiger partial charge in [0.1, 0.15) is 0 Å². The van der Waals surface area contributed by atoms with Gasteiger partial charge in [-0.05, 0) is 29.1 Å². The molecule has 3 rings (SSSR count). The van der Waals surface area contributed by atoms with E-state index in [1.165, 1.54) is 11.3 Å². The van der Waals surface area contributed by atoms with Crippen molar-refractivity contribution in [1.29, 1.82) is 0 Å². The molecule has 0 aliphatic carbocycles. The topological polar surface area (TPSA) is 51.3 Å². The van der Waals surface area contributed by atoms with E-state index in [4.69, 9.17) is 9.47 Å². The van der Waals surface area contributed by atoms with Crippen LogP contribution in [-0.4, -0.2) is 25.0 Å². The number of nitrogens with one attached hydrogen (secondary N) is 1. The number of methoxy groups -OCH3 is 2. The molecule has 0 aliphatic heterocycles. The Kier molecular flexibility index (Phi) is 3.98. The molecule has 0 spiro atoms. The number of aromatic amines is 1. The zero-order chi connectivity index (χ0) is 15.5. The van der Waals surface area contributed by atoms with Gasteiger partial charge in [-0.3, -0.25) is 4.79 Å². The van der Waals surface area contributed by atoms with Gasteiger partial charge in [0.25, 0.3) is 0 Å². The summed E-state index contributed by atoms with van der Waals surface area (Å²) >= 11 is 1.44. The minimum Gasteiger partial charge on any atom is -0.493 e. The summed E-state index contributed by atoms with van der Waals surface area (Å²) in [6.07, 6.45) is 3.55. The lowest BCUT2D eigenvalue weighted by Crippen LogP contribution is -1.99. The van der Waals surface area contributed by atoms with Gasteiger partial charge in [0.15, 0.2) is 11.5 Å². The average Bonchev–Trinajstić information content (AvgIpc) is 3.24. The third kappa shape index (κ3) is 2.51. The Morgan fingerprint density at radius 1 is 1.09 bits per heavy atom. The lowest BCUT2D eigenvalue weighted by molar-refractivity contribution is 0.104. The summed E-state index contributed by atoms with van der Waals surface area (Å²) in [5.41, 5.74) is 2.40. The molecular formula is C17H15NO3S. The zero-order valence-electron chi connectivity index (χ0n) is 12.3. The van der Waals surface area contributed by atoms with Crippen molar-refractivity contribution in [1.82, 2.24) is 4.98 Å². The molecule has 1 N–H and O–H groups in total. The van der Waals surface area contributed by atoms with Crippen LogP contribution >= 0.6 is 11.3 Å². The Bertz CT molecular complexity index is 790. The second kappa shape index (κ2) is 6.07. The number of rotatable bonds is 5. The SMILES string of the molecule is COc1ccc(-c2c[nH]cc2C(=O)c2cccs2)cc1OC. The van der Waals surface area contributed by atoms with Crippen LogP contribution in [0.2, 0.25) is 0 Å². The standard InChI is InChI=1S/C17H15NO3S/c1-20-14-6-5-11(8-15(14)21-2)12-9-18-10-13(12)17(19)16-4-3-7-22-16/h3-10,18H,1-2H3. The summed E-state index contributed by atoms with van der Waals surface area (Å²) in [5, 5.41) is 1.90. The summed E-state index contributed by atoms with van der Waals surface area (Å²) in [5.74, 6) is 1.31. The number of carbonyl (C=O) groups is 1. The molecule has 0 saturated carbocycles. The first-order valence-corrected chi connectivity index (χ1v) is 7.60. The van der Waals surface area contributed by atoms with Crippen LogP contribution in [0, 0.1) is 0 Å². The zero-order valence-corrected chi connectivity index (χ0v) is 13.1. The molecule has 3 aromatic rings. The maximum absolute atomic E-state index is 12.6. The van der Waals surface area contributed by atoms with Crippen LogP contribution in [0.4, 0.5) is 0 Å². The molecule has 112 valence electrons. The monoisotopic (exact) mass is 313 g/mol. The van der Waals surface area contributed by atoms with Gasteiger partial charge >= 0.3 is 0 Å². The van der Waals surface area contributed by atoms with Crippen LogP contribution in [0.25, 0.3) is 11.1 Å². The Morgan fingerprint density at radius 3 is 2.59 bits per heavy atom. The number of H-pyrrole nitrogens is 1. The average molecular weight is 313 g/mol. The summed E-state index contributed by atoms with van der Waals surface area (Å²) in [7, 11) is 3.19.